The van der Waals surface area contributed by atoms with Crippen molar-refractivity contribution in [2.24, 2.45) is 5.92 Å². The number of likely N-dealkylation sites (N-methyl/N-ethyl adjacent to an activating group) is 1. The molecule has 1 heterocycles. The molecule has 3 atom stereocenters. The van der Waals surface area contributed by atoms with Crippen molar-refractivity contribution < 1.29 is 4.74 Å². The smallest absolute Gasteiger partial charge is 0.0590 e. The number of benzene rings is 1. The van der Waals surface area contributed by atoms with Crippen LogP contribution in [0.4, 0.5) is 0 Å². The molecule has 1 saturated heterocycles. The van der Waals surface area contributed by atoms with Crippen LogP contribution in [0.15, 0.2) is 24.3 Å². The van der Waals surface area contributed by atoms with Crippen LogP contribution in [0, 0.1) is 5.92 Å². The van der Waals surface area contributed by atoms with E-state index in [0.717, 1.165) is 24.5 Å². The van der Waals surface area contributed by atoms with Crippen LogP contribution in [0.3, 0.4) is 0 Å². The van der Waals surface area contributed by atoms with Gasteiger partial charge in [0.25, 0.3) is 0 Å². The predicted octanol–water partition coefficient (Wildman–Crippen LogP) is 2.90. The minimum Gasteiger partial charge on any atom is -0.378 e. The van der Waals surface area contributed by atoms with Gasteiger partial charge < -0.3 is 10.1 Å². The third-order valence-corrected chi connectivity index (χ3v) is 4.09. The summed E-state index contributed by atoms with van der Waals surface area (Å²) in [4.78, 5) is 0. The Morgan fingerprint density at radius 2 is 2.24 bits per heavy atom. The summed E-state index contributed by atoms with van der Waals surface area (Å²) < 4.78 is 5.64. The van der Waals surface area contributed by atoms with Gasteiger partial charge in [0.15, 0.2) is 0 Å². The van der Waals surface area contributed by atoms with Gasteiger partial charge in [0.05, 0.1) is 6.10 Å². The topological polar surface area (TPSA) is 21.3 Å². The molecule has 1 aromatic rings. The van der Waals surface area contributed by atoms with Gasteiger partial charge in [0.1, 0.15) is 0 Å². The maximum absolute atomic E-state index is 6.21. The molecule has 0 aliphatic carbocycles. The second kappa shape index (κ2) is 5.85. The van der Waals surface area contributed by atoms with E-state index in [1.165, 1.54) is 5.56 Å². The fraction of sp³-hybridized carbons (Fsp3) is 0.571. The highest BCUT2D eigenvalue weighted by Crippen LogP contribution is 2.27. The highest BCUT2D eigenvalue weighted by molar-refractivity contribution is 6.31. The lowest BCUT2D eigenvalue weighted by atomic mass is 9.89. The molecule has 0 bridgehead atoms. The minimum atomic E-state index is 0.343. The van der Waals surface area contributed by atoms with Gasteiger partial charge in [-0.05, 0) is 38.4 Å². The van der Waals surface area contributed by atoms with Crippen LogP contribution in [-0.4, -0.2) is 25.8 Å². The Balaban J connectivity index is 2.07. The first-order chi connectivity index (χ1) is 8.22. The number of halogens is 1. The molecule has 1 aliphatic heterocycles. The Morgan fingerprint density at radius 1 is 1.47 bits per heavy atom. The Kier molecular flexibility index (Phi) is 4.43. The lowest BCUT2D eigenvalue weighted by Crippen LogP contribution is -2.38. The second-order valence-corrected chi connectivity index (χ2v) is 5.13. The number of rotatable bonds is 4. The van der Waals surface area contributed by atoms with E-state index in [-0.39, 0.29) is 0 Å². The van der Waals surface area contributed by atoms with E-state index in [1.807, 2.05) is 25.2 Å². The van der Waals surface area contributed by atoms with E-state index in [0.29, 0.717) is 18.1 Å². The van der Waals surface area contributed by atoms with Crippen molar-refractivity contribution in [3.8, 4) is 0 Å². The Bertz CT molecular complexity index is 369. The van der Waals surface area contributed by atoms with Crippen molar-refractivity contribution in [1.82, 2.24) is 5.32 Å². The molecule has 2 nitrogen and oxygen atoms in total. The van der Waals surface area contributed by atoms with E-state index in [4.69, 9.17) is 16.3 Å². The third-order valence-electron chi connectivity index (χ3n) is 3.72. The molecule has 0 spiro atoms. The summed E-state index contributed by atoms with van der Waals surface area (Å²) in [5, 5.41) is 4.27. The van der Waals surface area contributed by atoms with E-state index in [1.54, 1.807) is 0 Å². The molecule has 0 aromatic heterocycles. The lowest BCUT2D eigenvalue weighted by Gasteiger charge is -2.25. The molecule has 17 heavy (non-hydrogen) atoms. The van der Waals surface area contributed by atoms with Gasteiger partial charge in [-0.1, -0.05) is 29.8 Å². The highest BCUT2D eigenvalue weighted by atomic mass is 35.5. The summed E-state index contributed by atoms with van der Waals surface area (Å²) in [7, 11) is 2.02. The van der Waals surface area contributed by atoms with Crippen LogP contribution in [0.1, 0.15) is 18.9 Å². The third kappa shape index (κ3) is 3.01. The summed E-state index contributed by atoms with van der Waals surface area (Å²) in [6.07, 6.45) is 2.45. The molecule has 0 saturated carbocycles. The molecule has 0 amide bonds. The van der Waals surface area contributed by atoms with Crippen molar-refractivity contribution in [3.63, 3.8) is 0 Å². The van der Waals surface area contributed by atoms with Crippen LogP contribution in [0.2, 0.25) is 5.02 Å². The molecular weight excluding hydrogens is 234 g/mol. The van der Waals surface area contributed by atoms with Gasteiger partial charge in [0.2, 0.25) is 0 Å². The number of nitrogens with one attached hydrogen (secondary N) is 1. The maximum Gasteiger partial charge on any atom is 0.0590 e. The van der Waals surface area contributed by atoms with Gasteiger partial charge in [-0.3, -0.25) is 0 Å². The average molecular weight is 254 g/mol. The van der Waals surface area contributed by atoms with Crippen molar-refractivity contribution in [1.29, 1.82) is 0 Å². The van der Waals surface area contributed by atoms with Crippen molar-refractivity contribution >= 4 is 11.6 Å². The molecule has 1 aromatic carbocycles. The molecule has 0 radical (unpaired) electrons. The Morgan fingerprint density at radius 3 is 2.82 bits per heavy atom. The van der Waals surface area contributed by atoms with Crippen LogP contribution in [0.5, 0.6) is 0 Å². The SMILES string of the molecule is CNC(Cc1ccccc1Cl)C1CCOC1C. The zero-order valence-corrected chi connectivity index (χ0v) is 11.2. The number of hydrogen-bond donors (Lipinski definition) is 1. The monoisotopic (exact) mass is 253 g/mol. The molecule has 2 rings (SSSR count). The second-order valence-electron chi connectivity index (χ2n) is 4.72. The maximum atomic E-state index is 6.21. The molecule has 1 aliphatic rings. The molecular formula is C14H20ClNO. The first-order valence-corrected chi connectivity index (χ1v) is 6.62. The zero-order valence-electron chi connectivity index (χ0n) is 10.4. The van der Waals surface area contributed by atoms with E-state index in [9.17, 15) is 0 Å². The first-order valence-electron chi connectivity index (χ1n) is 6.24. The predicted molar refractivity (Wildman–Crippen MR) is 71.5 cm³/mol. The molecule has 94 valence electrons. The van der Waals surface area contributed by atoms with Crippen LogP contribution < -0.4 is 5.32 Å². The van der Waals surface area contributed by atoms with Crippen LogP contribution in [-0.2, 0) is 11.2 Å². The normalized spacial score (nSPS) is 26.1. The standard InChI is InChI=1S/C14H20ClNO/c1-10-12(7-8-17-10)14(16-2)9-11-5-3-4-6-13(11)15/h3-6,10,12,14,16H,7-9H2,1-2H3. The summed E-state index contributed by atoms with van der Waals surface area (Å²) in [5.41, 5.74) is 1.22. The van der Waals surface area contributed by atoms with Gasteiger partial charge in [0, 0.05) is 23.6 Å². The van der Waals surface area contributed by atoms with Crippen LogP contribution in [0.25, 0.3) is 0 Å². The molecule has 1 fully saturated rings. The highest BCUT2D eigenvalue weighted by Gasteiger charge is 2.31. The fourth-order valence-corrected chi connectivity index (χ4v) is 2.86. The molecule has 3 heteroatoms. The summed E-state index contributed by atoms with van der Waals surface area (Å²) in [6.45, 7) is 3.04. The number of hydrogen-bond acceptors (Lipinski definition) is 2. The van der Waals surface area contributed by atoms with Gasteiger partial charge in [-0.25, -0.2) is 0 Å². The van der Waals surface area contributed by atoms with Gasteiger partial charge >= 0.3 is 0 Å². The minimum absolute atomic E-state index is 0.343. The largest absolute Gasteiger partial charge is 0.378 e. The Labute approximate surface area is 108 Å². The Hall–Kier alpha value is -0.570. The average Bonchev–Trinajstić information content (AvgIpc) is 2.75. The fourth-order valence-electron chi connectivity index (χ4n) is 2.65. The lowest BCUT2D eigenvalue weighted by molar-refractivity contribution is 0.0963. The van der Waals surface area contributed by atoms with Crippen molar-refractivity contribution in [2.75, 3.05) is 13.7 Å². The van der Waals surface area contributed by atoms with E-state index >= 15 is 0 Å². The van der Waals surface area contributed by atoms with Crippen LogP contribution >= 0.6 is 11.6 Å². The van der Waals surface area contributed by atoms with Gasteiger partial charge in [-0.15, -0.1) is 0 Å². The zero-order chi connectivity index (χ0) is 12.3. The molecule has 3 unspecified atom stereocenters. The quantitative estimate of drug-likeness (QED) is 0.891. The van der Waals surface area contributed by atoms with Gasteiger partial charge in [-0.2, -0.15) is 0 Å². The first kappa shape index (κ1) is 12.9. The van der Waals surface area contributed by atoms with E-state index < -0.39 is 0 Å². The summed E-state index contributed by atoms with van der Waals surface area (Å²) in [5.74, 6) is 0.580. The van der Waals surface area contributed by atoms with E-state index in [2.05, 4.69) is 18.3 Å². The molecule has 1 N–H and O–H groups in total. The summed E-state index contributed by atoms with van der Waals surface area (Å²) in [6, 6.07) is 8.52. The summed E-state index contributed by atoms with van der Waals surface area (Å²) >= 11 is 6.21. The van der Waals surface area contributed by atoms with Crippen molar-refractivity contribution in [2.45, 2.75) is 31.9 Å². The number of ether oxygens (including phenoxy) is 1. The van der Waals surface area contributed by atoms with Crippen molar-refractivity contribution in [3.05, 3.63) is 34.9 Å².